The fourth-order valence-corrected chi connectivity index (χ4v) is 3.54. The highest BCUT2D eigenvalue weighted by Gasteiger charge is 2.26. The van der Waals surface area contributed by atoms with Gasteiger partial charge in [0.05, 0.1) is 4.91 Å². The van der Waals surface area contributed by atoms with Gasteiger partial charge in [0.2, 0.25) is 0 Å². The van der Waals surface area contributed by atoms with E-state index in [4.69, 9.17) is 9.84 Å². The molecule has 1 saturated heterocycles. The standard InChI is InChI=1S/C17H18N2O4S/c20-15(21)11-23-13-6-4-12(5-7-13)10-14-16(22)18-17(24-14)19-8-2-1-3-9-19/h4-7,10H,1-3,8-9,11H2,(H,20,21)/b14-10-. The van der Waals surface area contributed by atoms with Gasteiger partial charge >= 0.3 is 5.97 Å². The predicted molar refractivity (Wildman–Crippen MR) is 93.0 cm³/mol. The molecule has 24 heavy (non-hydrogen) atoms. The second kappa shape index (κ2) is 7.53. The van der Waals surface area contributed by atoms with Crippen molar-refractivity contribution in [3.63, 3.8) is 0 Å². The number of carboxylic acids is 1. The third-order valence-corrected chi connectivity index (χ3v) is 4.82. The van der Waals surface area contributed by atoms with E-state index < -0.39 is 5.97 Å². The number of carbonyl (C=O) groups is 2. The lowest BCUT2D eigenvalue weighted by Gasteiger charge is -2.27. The number of thioether (sulfide) groups is 1. The van der Waals surface area contributed by atoms with Crippen LogP contribution in [0.5, 0.6) is 5.75 Å². The summed E-state index contributed by atoms with van der Waals surface area (Å²) in [5.41, 5.74) is 0.851. The van der Waals surface area contributed by atoms with Gasteiger partial charge in [-0.25, -0.2) is 4.79 Å². The Kier molecular flexibility index (Phi) is 5.20. The summed E-state index contributed by atoms with van der Waals surface area (Å²) in [6.07, 6.45) is 5.32. The first-order chi connectivity index (χ1) is 11.6. The van der Waals surface area contributed by atoms with Crippen molar-refractivity contribution < 1.29 is 19.4 Å². The molecule has 1 fully saturated rings. The summed E-state index contributed by atoms with van der Waals surface area (Å²) in [4.78, 5) is 29.5. The van der Waals surface area contributed by atoms with Crippen LogP contribution in [-0.4, -0.2) is 46.7 Å². The van der Waals surface area contributed by atoms with Crippen LogP contribution in [0.3, 0.4) is 0 Å². The lowest BCUT2D eigenvalue weighted by molar-refractivity contribution is -0.139. The first kappa shape index (κ1) is 16.6. The highest BCUT2D eigenvalue weighted by Crippen LogP contribution is 2.31. The maximum absolute atomic E-state index is 12.1. The van der Waals surface area contributed by atoms with Gasteiger partial charge in [0, 0.05) is 13.1 Å². The van der Waals surface area contributed by atoms with Crippen LogP contribution in [0, 0.1) is 0 Å². The maximum atomic E-state index is 12.1. The summed E-state index contributed by atoms with van der Waals surface area (Å²) in [5.74, 6) is -0.737. The van der Waals surface area contributed by atoms with Gasteiger partial charge < -0.3 is 14.7 Å². The molecule has 0 saturated carbocycles. The lowest BCUT2D eigenvalue weighted by atomic mass is 10.1. The molecule has 0 bridgehead atoms. The number of piperidine rings is 1. The number of carboxylic acid groups (broad SMARTS) is 1. The molecule has 126 valence electrons. The van der Waals surface area contributed by atoms with Crippen LogP contribution in [0.15, 0.2) is 34.2 Å². The Labute approximate surface area is 144 Å². The number of carbonyl (C=O) groups excluding carboxylic acids is 1. The molecule has 0 radical (unpaired) electrons. The zero-order valence-electron chi connectivity index (χ0n) is 13.1. The molecular weight excluding hydrogens is 328 g/mol. The highest BCUT2D eigenvalue weighted by molar-refractivity contribution is 8.18. The van der Waals surface area contributed by atoms with Crippen LogP contribution >= 0.6 is 11.8 Å². The van der Waals surface area contributed by atoms with Crippen LogP contribution in [0.4, 0.5) is 0 Å². The molecule has 2 heterocycles. The minimum atomic E-state index is -1.02. The van der Waals surface area contributed by atoms with E-state index in [1.54, 1.807) is 30.3 Å². The van der Waals surface area contributed by atoms with E-state index in [0.717, 1.165) is 36.7 Å². The molecule has 0 spiro atoms. The molecule has 0 aromatic heterocycles. The largest absolute Gasteiger partial charge is 0.482 e. The monoisotopic (exact) mass is 346 g/mol. The van der Waals surface area contributed by atoms with Gasteiger partial charge in [-0.15, -0.1) is 0 Å². The zero-order valence-corrected chi connectivity index (χ0v) is 13.9. The number of amidine groups is 1. The van der Waals surface area contributed by atoms with Gasteiger partial charge in [-0.2, -0.15) is 4.99 Å². The topological polar surface area (TPSA) is 79.2 Å². The van der Waals surface area contributed by atoms with Crippen LogP contribution in [-0.2, 0) is 9.59 Å². The molecule has 6 nitrogen and oxygen atoms in total. The Morgan fingerprint density at radius 3 is 2.62 bits per heavy atom. The van der Waals surface area contributed by atoms with E-state index in [2.05, 4.69) is 9.89 Å². The average Bonchev–Trinajstić information content (AvgIpc) is 2.96. The van der Waals surface area contributed by atoms with Gasteiger partial charge in [0.25, 0.3) is 5.91 Å². The van der Waals surface area contributed by atoms with Crippen LogP contribution in [0.2, 0.25) is 0 Å². The fourth-order valence-electron chi connectivity index (χ4n) is 2.58. The second-order valence-corrected chi connectivity index (χ2v) is 6.62. The molecule has 1 amide bonds. The van der Waals surface area contributed by atoms with Crippen LogP contribution < -0.4 is 4.74 Å². The molecular formula is C17H18N2O4S. The van der Waals surface area contributed by atoms with Crippen molar-refractivity contribution in [2.45, 2.75) is 19.3 Å². The number of amides is 1. The minimum Gasteiger partial charge on any atom is -0.482 e. The summed E-state index contributed by atoms with van der Waals surface area (Å²) in [5, 5.41) is 9.39. The van der Waals surface area contributed by atoms with E-state index in [-0.39, 0.29) is 12.5 Å². The molecule has 1 aromatic carbocycles. The number of nitrogens with zero attached hydrogens (tertiary/aromatic N) is 2. The fraction of sp³-hybridized carbons (Fsp3) is 0.353. The Hall–Kier alpha value is -2.28. The minimum absolute atomic E-state index is 0.202. The van der Waals surface area contributed by atoms with Crippen molar-refractivity contribution in [1.29, 1.82) is 0 Å². The van der Waals surface area contributed by atoms with Crippen molar-refractivity contribution in [2.75, 3.05) is 19.7 Å². The lowest BCUT2D eigenvalue weighted by Crippen LogP contribution is -2.33. The SMILES string of the molecule is O=C(O)COc1ccc(/C=C2\SC(N3CCCCC3)=NC2=O)cc1. The Balaban J connectivity index is 1.64. The summed E-state index contributed by atoms with van der Waals surface area (Å²) in [6, 6.07) is 6.95. The Morgan fingerprint density at radius 2 is 1.96 bits per heavy atom. The second-order valence-electron chi connectivity index (χ2n) is 5.61. The number of benzene rings is 1. The number of likely N-dealkylation sites (tertiary alicyclic amines) is 1. The Morgan fingerprint density at radius 1 is 1.25 bits per heavy atom. The number of aliphatic carboxylic acids is 1. The first-order valence-electron chi connectivity index (χ1n) is 7.84. The molecule has 0 unspecified atom stereocenters. The average molecular weight is 346 g/mol. The highest BCUT2D eigenvalue weighted by atomic mass is 32.2. The van der Waals surface area contributed by atoms with Crippen LogP contribution in [0.1, 0.15) is 24.8 Å². The summed E-state index contributed by atoms with van der Waals surface area (Å²) < 4.78 is 5.09. The molecule has 1 aromatic rings. The Bertz CT molecular complexity index is 691. The third-order valence-electron chi connectivity index (χ3n) is 3.78. The predicted octanol–water partition coefficient (Wildman–Crippen LogP) is 2.61. The van der Waals surface area contributed by atoms with E-state index >= 15 is 0 Å². The van der Waals surface area contributed by atoms with Crippen molar-refractivity contribution in [3.05, 3.63) is 34.7 Å². The maximum Gasteiger partial charge on any atom is 0.341 e. The zero-order chi connectivity index (χ0) is 16.9. The van der Waals surface area contributed by atoms with Gasteiger partial charge in [0.15, 0.2) is 11.8 Å². The van der Waals surface area contributed by atoms with E-state index in [0.29, 0.717) is 10.7 Å². The van der Waals surface area contributed by atoms with Crippen molar-refractivity contribution in [3.8, 4) is 5.75 Å². The first-order valence-corrected chi connectivity index (χ1v) is 8.65. The number of hydrogen-bond acceptors (Lipinski definition) is 5. The van der Waals surface area contributed by atoms with E-state index in [1.165, 1.54) is 18.2 Å². The smallest absolute Gasteiger partial charge is 0.341 e. The molecule has 2 aliphatic rings. The van der Waals surface area contributed by atoms with Crippen LogP contribution in [0.25, 0.3) is 6.08 Å². The molecule has 7 heteroatoms. The van der Waals surface area contributed by atoms with Crippen molar-refractivity contribution in [1.82, 2.24) is 4.90 Å². The molecule has 2 aliphatic heterocycles. The van der Waals surface area contributed by atoms with Gasteiger partial charge in [-0.1, -0.05) is 12.1 Å². The summed E-state index contributed by atoms with van der Waals surface area (Å²) in [6.45, 7) is 1.55. The molecule has 0 aliphatic carbocycles. The van der Waals surface area contributed by atoms with Gasteiger partial charge in [-0.3, -0.25) is 4.79 Å². The molecule has 3 rings (SSSR count). The number of aliphatic imine (C=N–C) groups is 1. The number of rotatable bonds is 4. The van der Waals surface area contributed by atoms with Gasteiger partial charge in [0.1, 0.15) is 5.75 Å². The van der Waals surface area contributed by atoms with Crippen molar-refractivity contribution >= 4 is 34.9 Å². The number of ether oxygens (including phenoxy) is 1. The summed E-state index contributed by atoms with van der Waals surface area (Å²) >= 11 is 1.42. The van der Waals surface area contributed by atoms with Gasteiger partial charge in [-0.05, 0) is 54.8 Å². The quantitative estimate of drug-likeness (QED) is 0.844. The van der Waals surface area contributed by atoms with E-state index in [9.17, 15) is 9.59 Å². The molecule has 1 N–H and O–H groups in total. The molecule has 0 atom stereocenters. The third kappa shape index (κ3) is 4.17. The summed E-state index contributed by atoms with van der Waals surface area (Å²) in [7, 11) is 0. The normalized spacial score (nSPS) is 19.5. The van der Waals surface area contributed by atoms with E-state index in [1.807, 2.05) is 0 Å². The number of hydrogen-bond donors (Lipinski definition) is 1. The van der Waals surface area contributed by atoms with Crippen molar-refractivity contribution in [2.24, 2.45) is 4.99 Å².